The number of carbonyl (C=O) groups is 4. The first-order valence-electron chi connectivity index (χ1n) is 33.6. The van der Waals surface area contributed by atoms with Gasteiger partial charge < -0.3 is 39.4 Å². The number of benzene rings is 4. The zero-order chi connectivity index (χ0) is 66.3. The van der Waals surface area contributed by atoms with Crippen LogP contribution in [0.4, 0.5) is 21.5 Å². The Balaban J connectivity index is 0.000000192. The number of Topliss-reactive ketones (excluding diaryl/α,β-unsaturated/α-hetero) is 2. The summed E-state index contributed by atoms with van der Waals surface area (Å²) in [5, 5.41) is 10.8. The van der Waals surface area contributed by atoms with Gasteiger partial charge in [-0.3, -0.25) is 9.59 Å². The minimum Gasteiger partial charge on any atom is -0.444 e. The molecule has 6 heterocycles. The van der Waals surface area contributed by atoms with Crippen molar-refractivity contribution in [2.75, 3.05) is 36.8 Å². The maximum absolute atomic E-state index is 13.3. The van der Waals surface area contributed by atoms with Crippen molar-refractivity contribution in [3.8, 4) is 45.8 Å². The smallest absolute Gasteiger partial charge is 0.410 e. The number of piperidine rings is 2. The molecule has 2 saturated heterocycles. The van der Waals surface area contributed by atoms with Gasteiger partial charge in [0.2, 0.25) is 23.7 Å². The lowest BCUT2D eigenvalue weighted by atomic mass is 9.88. The molecule has 2 amide bonds. The molecule has 0 spiro atoms. The Morgan fingerprint density at radius 1 is 0.479 bits per heavy atom. The minimum absolute atomic E-state index is 0.00701. The molecular weight excluding hydrogens is 1180 g/mol. The van der Waals surface area contributed by atoms with Crippen molar-refractivity contribution in [2.24, 2.45) is 23.7 Å². The number of fused-ring (bicyclic) bond motifs is 2. The Bertz CT molecular complexity index is 3790. The molecule has 4 aliphatic rings. The Kier molecular flexibility index (Phi) is 20.5. The van der Waals surface area contributed by atoms with Gasteiger partial charge in [0.25, 0.3) is 0 Å². The highest BCUT2D eigenvalue weighted by atomic mass is 16.6. The van der Waals surface area contributed by atoms with Gasteiger partial charge in [0.15, 0.2) is 0 Å². The monoisotopic (exact) mass is 1270 g/mol. The second-order valence-electron chi connectivity index (χ2n) is 28.0. The van der Waals surface area contributed by atoms with Crippen LogP contribution in [0.3, 0.4) is 0 Å². The zero-order valence-corrected chi connectivity index (χ0v) is 56.2. The number of likely N-dealkylation sites (tertiary alicyclic amines) is 2. The first-order valence-corrected chi connectivity index (χ1v) is 33.6. The maximum Gasteiger partial charge on any atom is 0.410 e. The largest absolute Gasteiger partial charge is 0.444 e. The number of ketones is 2. The van der Waals surface area contributed by atoms with E-state index in [9.17, 15) is 19.2 Å². The van der Waals surface area contributed by atoms with Crippen LogP contribution in [0.25, 0.3) is 44.1 Å². The minimum atomic E-state index is -0.544. The lowest BCUT2D eigenvalue weighted by Gasteiger charge is -2.34. The summed E-state index contributed by atoms with van der Waals surface area (Å²) in [5.74, 6) is 5.10. The quantitative estimate of drug-likeness (QED) is 0.0920. The van der Waals surface area contributed by atoms with Crippen molar-refractivity contribution in [3.63, 3.8) is 0 Å². The summed E-state index contributed by atoms with van der Waals surface area (Å²) in [6.07, 6.45) is 17.1. The van der Waals surface area contributed by atoms with Gasteiger partial charge in [-0.05, 0) is 188 Å². The van der Waals surface area contributed by atoms with Gasteiger partial charge in [0.05, 0.1) is 22.5 Å². The number of rotatable bonds is 16. The van der Waals surface area contributed by atoms with Crippen LogP contribution in [-0.2, 0) is 31.9 Å². The number of aromatic nitrogens is 6. The Morgan fingerprint density at radius 2 is 0.904 bits per heavy atom. The topological polar surface area (TPSA) is 213 Å². The molecule has 2 aliphatic heterocycles. The van der Waals surface area contributed by atoms with Crippen LogP contribution < -0.4 is 20.1 Å². The summed E-state index contributed by atoms with van der Waals surface area (Å²) in [5.41, 5.74) is 5.70. The number of amides is 2. The molecule has 2 saturated carbocycles. The molecule has 6 atom stereocenters. The van der Waals surface area contributed by atoms with Crippen LogP contribution in [0, 0.1) is 37.5 Å². The molecule has 2 aliphatic carbocycles. The third-order valence-electron chi connectivity index (χ3n) is 18.5. The fourth-order valence-electron chi connectivity index (χ4n) is 13.7. The Morgan fingerprint density at radius 3 is 1.30 bits per heavy atom. The second-order valence-corrected chi connectivity index (χ2v) is 28.0. The fourth-order valence-corrected chi connectivity index (χ4v) is 13.7. The number of aryl methyl sites for hydroxylation is 2. The van der Waals surface area contributed by atoms with E-state index in [0.717, 1.165) is 119 Å². The molecular formula is C76H90N10O8. The number of nitrogens with zero attached hydrogens (tertiary/aromatic N) is 8. The number of nitrogens with one attached hydrogen (secondary N) is 2. The van der Waals surface area contributed by atoms with E-state index >= 15 is 0 Å². The van der Waals surface area contributed by atoms with Gasteiger partial charge >= 0.3 is 12.2 Å². The third-order valence-corrected chi connectivity index (χ3v) is 18.5. The highest BCUT2D eigenvalue weighted by Gasteiger charge is 2.33. The highest BCUT2D eigenvalue weighted by molar-refractivity contribution is 5.97. The SMILES string of the molecule is Cc1ccc2c(CC(=O)[C@@H]3CCCC3C)cccc2c1Oc1ncccc1-c1ccnc(N[C@H]2CCCN(C(=O)OC(C)(C)C)C2)n1.Cc1ccc2c(CC(=O)[C@H]3CCCC3C)cccc2c1Oc1ncccc1-c1ccnc(N[C@H]2CCCN(C(=O)OC(C)(C)C)C2)n1. The molecule has 94 heavy (non-hydrogen) atoms. The first-order chi connectivity index (χ1) is 45.1. The third kappa shape index (κ3) is 16.3. The van der Waals surface area contributed by atoms with Crippen LogP contribution in [0.1, 0.15) is 142 Å². The molecule has 2 unspecified atom stereocenters. The van der Waals surface area contributed by atoms with Crippen molar-refractivity contribution in [3.05, 3.63) is 144 Å². The fraction of sp³-hybridized carbons (Fsp3) is 0.447. The van der Waals surface area contributed by atoms with Gasteiger partial charge in [-0.15, -0.1) is 0 Å². The van der Waals surface area contributed by atoms with E-state index in [1.807, 2.05) is 128 Å². The van der Waals surface area contributed by atoms with Gasteiger partial charge in [-0.25, -0.2) is 39.5 Å². The maximum atomic E-state index is 13.3. The number of carbonyl (C=O) groups excluding carboxylic acids is 4. The van der Waals surface area contributed by atoms with Gasteiger partial charge in [0.1, 0.15) is 34.3 Å². The Hall–Kier alpha value is -9.06. The second kappa shape index (κ2) is 29.1. The number of anilines is 2. The molecule has 492 valence electrons. The number of ether oxygens (including phenoxy) is 4. The zero-order valence-electron chi connectivity index (χ0n) is 56.2. The van der Waals surface area contributed by atoms with Crippen molar-refractivity contribution >= 4 is 57.2 Å². The van der Waals surface area contributed by atoms with Crippen LogP contribution in [-0.4, -0.2) is 113 Å². The summed E-state index contributed by atoms with van der Waals surface area (Å²) in [4.78, 5) is 83.3. The number of pyridine rings is 2. The highest BCUT2D eigenvalue weighted by Crippen LogP contribution is 2.42. The van der Waals surface area contributed by atoms with Crippen LogP contribution >= 0.6 is 0 Å². The molecule has 0 bridgehead atoms. The van der Waals surface area contributed by atoms with Crippen molar-refractivity contribution in [2.45, 2.75) is 170 Å². The average Bonchev–Trinajstić information content (AvgIpc) is 1.12. The molecule has 8 aromatic rings. The number of hydrogen-bond donors (Lipinski definition) is 2. The summed E-state index contributed by atoms with van der Waals surface area (Å²) in [6, 6.07) is 31.8. The van der Waals surface area contributed by atoms with Crippen molar-refractivity contribution < 1.29 is 38.1 Å². The predicted octanol–water partition coefficient (Wildman–Crippen LogP) is 16.3. The molecule has 4 fully saturated rings. The lowest BCUT2D eigenvalue weighted by Crippen LogP contribution is -2.47. The summed E-state index contributed by atoms with van der Waals surface area (Å²) < 4.78 is 24.4. The molecule has 18 heteroatoms. The van der Waals surface area contributed by atoms with E-state index in [-0.39, 0.29) is 36.1 Å². The summed E-state index contributed by atoms with van der Waals surface area (Å²) >= 11 is 0. The number of hydrogen-bond acceptors (Lipinski definition) is 16. The van der Waals surface area contributed by atoms with E-state index in [2.05, 4.69) is 68.7 Å². The summed E-state index contributed by atoms with van der Waals surface area (Å²) in [7, 11) is 0. The Labute approximate surface area is 552 Å². The predicted molar refractivity (Wildman–Crippen MR) is 367 cm³/mol. The van der Waals surface area contributed by atoms with Crippen molar-refractivity contribution in [1.29, 1.82) is 0 Å². The summed E-state index contributed by atoms with van der Waals surface area (Å²) in [6.45, 7) is 22.0. The molecule has 4 aromatic heterocycles. The van der Waals surface area contributed by atoms with E-state index < -0.39 is 11.2 Å². The van der Waals surface area contributed by atoms with Gasteiger partial charge in [-0.2, -0.15) is 0 Å². The van der Waals surface area contributed by atoms with E-state index in [0.29, 0.717) is 109 Å². The average molecular weight is 1270 g/mol. The van der Waals surface area contributed by atoms with E-state index in [4.69, 9.17) is 28.9 Å². The van der Waals surface area contributed by atoms with Crippen LogP contribution in [0.5, 0.6) is 23.3 Å². The lowest BCUT2D eigenvalue weighted by molar-refractivity contribution is -0.123. The molecule has 4 aromatic carbocycles. The standard InChI is InChI=1S/2C38H45N5O4/c2*1-24-10-6-13-28(24)33(44)22-26-11-7-14-30-29(26)17-16-25(2)34(30)46-35-31(15-8-19-39-35)32-18-20-40-36(42-32)41-27-12-9-21-43(23-27)37(45)47-38(3,4)5/h2*7-8,11,14-20,24,27-28H,6,9-10,12-13,21-23H2,1-5H3,(H,40,41,42)/t24?,27-,28+;24?,27-,28-/m00/s1. The van der Waals surface area contributed by atoms with Crippen LogP contribution in [0.2, 0.25) is 0 Å². The normalized spacial score (nSPS) is 19.9. The van der Waals surface area contributed by atoms with Gasteiger partial charge in [-0.1, -0.05) is 87.4 Å². The first kappa shape index (κ1) is 66.4. The molecule has 0 radical (unpaired) electrons. The van der Waals surface area contributed by atoms with Crippen molar-refractivity contribution in [1.82, 2.24) is 39.7 Å². The van der Waals surface area contributed by atoms with E-state index in [1.54, 1.807) is 34.6 Å². The molecule has 12 rings (SSSR count). The molecule has 2 N–H and O–H groups in total. The van der Waals surface area contributed by atoms with Crippen LogP contribution in [0.15, 0.2) is 122 Å². The van der Waals surface area contributed by atoms with Gasteiger partial charge in [0, 0.05) is 98.5 Å². The molecule has 18 nitrogen and oxygen atoms in total. The van der Waals surface area contributed by atoms with E-state index in [1.165, 1.54) is 0 Å².